The van der Waals surface area contributed by atoms with E-state index < -0.39 is 0 Å². The van der Waals surface area contributed by atoms with Crippen molar-refractivity contribution in [3.05, 3.63) is 0 Å². The molecule has 0 aromatic rings. The van der Waals surface area contributed by atoms with Crippen molar-refractivity contribution >= 4 is 0 Å². The summed E-state index contributed by atoms with van der Waals surface area (Å²) in [5.41, 5.74) is 0. The molecule has 0 spiro atoms. The van der Waals surface area contributed by atoms with E-state index in [2.05, 4.69) is 6.92 Å². The summed E-state index contributed by atoms with van der Waals surface area (Å²) in [4.78, 5) is 0. The van der Waals surface area contributed by atoms with Gasteiger partial charge < -0.3 is 109 Å². The van der Waals surface area contributed by atoms with Gasteiger partial charge in [0.05, 0.1) is 159 Å². The molecule has 0 aliphatic rings. The molecule has 0 aromatic carbocycles. The van der Waals surface area contributed by atoms with Crippen LogP contribution in [0.15, 0.2) is 0 Å². The van der Waals surface area contributed by atoms with Gasteiger partial charge in [-0.1, -0.05) is 13.3 Å². The summed E-state index contributed by atoms with van der Waals surface area (Å²) in [5.74, 6) is 0. The van der Waals surface area contributed by atoms with Gasteiger partial charge in [-0.2, -0.15) is 0 Å². The van der Waals surface area contributed by atoms with Gasteiger partial charge in [0, 0.05) is 139 Å². The monoisotopic (exact) mass is 1180 g/mol. The SMILES string of the molecule is CCCCOCCOCCOCCOCCOCCOCCOCCOCCOCCOCCOCCOCCOCCCOCCCOCCCOCCCOCCCOCCCOCCCOCCCOCCCOCCCO. The van der Waals surface area contributed by atoms with Crippen molar-refractivity contribution in [3.63, 3.8) is 0 Å². The molecule has 0 rings (SSSR count). The van der Waals surface area contributed by atoms with Crippen molar-refractivity contribution in [1.82, 2.24) is 0 Å². The van der Waals surface area contributed by atoms with Crippen LogP contribution in [0.4, 0.5) is 0 Å². The molecule has 23 heteroatoms. The Bertz CT molecular complexity index is 988. The fourth-order valence-corrected chi connectivity index (χ4v) is 6.44. The van der Waals surface area contributed by atoms with E-state index in [0.717, 1.165) is 77.2 Å². The number of hydrogen-bond acceptors (Lipinski definition) is 23. The topological polar surface area (TPSA) is 223 Å². The lowest BCUT2D eigenvalue weighted by Gasteiger charge is -2.09. The molecule has 0 bridgehead atoms. The summed E-state index contributed by atoms with van der Waals surface area (Å²) >= 11 is 0. The molecule has 0 radical (unpaired) electrons. The number of aliphatic hydroxyl groups is 1. The van der Waals surface area contributed by atoms with Crippen LogP contribution in [0, 0.1) is 0 Å². The van der Waals surface area contributed by atoms with Gasteiger partial charge in [0.2, 0.25) is 0 Å². The van der Waals surface area contributed by atoms with Gasteiger partial charge in [-0.3, -0.25) is 0 Å². The maximum atomic E-state index is 8.70. The highest BCUT2D eigenvalue weighted by molar-refractivity contribution is 4.46. The van der Waals surface area contributed by atoms with E-state index in [0.29, 0.717) is 291 Å². The van der Waals surface area contributed by atoms with E-state index >= 15 is 0 Å². The molecule has 0 aliphatic carbocycles. The first-order valence-corrected chi connectivity index (χ1v) is 30.7. The Labute approximate surface area is 489 Å². The normalized spacial score (nSPS) is 11.8. The van der Waals surface area contributed by atoms with Crippen molar-refractivity contribution < 1.29 is 109 Å². The third-order valence-corrected chi connectivity index (χ3v) is 10.7. The predicted octanol–water partition coefficient (Wildman–Crippen LogP) is 5.05. The Kier molecular flexibility index (Phi) is 78.2. The zero-order valence-corrected chi connectivity index (χ0v) is 50.7. The fourth-order valence-electron chi connectivity index (χ4n) is 6.44. The highest BCUT2D eigenvalue weighted by Crippen LogP contribution is 1.97. The molecule has 0 saturated heterocycles. The van der Waals surface area contributed by atoms with Gasteiger partial charge in [0.1, 0.15) is 0 Å². The molecule has 488 valence electrons. The Balaban J connectivity index is 3.08. The highest BCUT2D eigenvalue weighted by atomic mass is 16.6. The van der Waals surface area contributed by atoms with Crippen LogP contribution in [-0.2, 0) is 104 Å². The second kappa shape index (κ2) is 79.1. The number of hydrogen-bond donors (Lipinski definition) is 1. The van der Waals surface area contributed by atoms with E-state index in [1.807, 2.05) is 0 Å². The van der Waals surface area contributed by atoms with Crippen molar-refractivity contribution in [2.75, 3.05) is 297 Å². The van der Waals surface area contributed by atoms with Gasteiger partial charge in [-0.05, 0) is 70.6 Å². The predicted molar refractivity (Wildman–Crippen MR) is 306 cm³/mol. The minimum Gasteiger partial charge on any atom is -0.396 e. The average molecular weight is 1180 g/mol. The van der Waals surface area contributed by atoms with Gasteiger partial charge in [-0.15, -0.1) is 0 Å². The molecule has 0 saturated carbocycles. The van der Waals surface area contributed by atoms with E-state index in [1.54, 1.807) is 0 Å². The van der Waals surface area contributed by atoms with Crippen LogP contribution >= 0.6 is 0 Å². The van der Waals surface area contributed by atoms with Crippen LogP contribution in [0.3, 0.4) is 0 Å². The summed E-state index contributed by atoms with van der Waals surface area (Å²) < 4.78 is 122. The summed E-state index contributed by atoms with van der Waals surface area (Å²) in [6.07, 6.45) is 10.8. The third kappa shape index (κ3) is 79.1. The van der Waals surface area contributed by atoms with Gasteiger partial charge in [0.25, 0.3) is 0 Å². The van der Waals surface area contributed by atoms with Crippen molar-refractivity contribution in [1.29, 1.82) is 0 Å². The minimum atomic E-state index is 0.174. The number of unbranched alkanes of at least 4 members (excludes halogenated alkanes) is 1. The van der Waals surface area contributed by atoms with E-state index in [1.165, 1.54) is 0 Å². The van der Waals surface area contributed by atoms with Crippen LogP contribution in [0.25, 0.3) is 0 Å². The Morgan fingerprint density at radius 3 is 0.358 bits per heavy atom. The summed E-state index contributed by atoms with van der Waals surface area (Å²) in [7, 11) is 0. The van der Waals surface area contributed by atoms with E-state index in [-0.39, 0.29) is 6.61 Å². The minimum absolute atomic E-state index is 0.174. The Morgan fingerprint density at radius 1 is 0.136 bits per heavy atom. The average Bonchev–Trinajstić information content (AvgIpc) is 3.48. The summed E-state index contributed by atoms with van der Waals surface area (Å²) in [5, 5.41) is 8.70. The summed E-state index contributed by atoms with van der Waals surface area (Å²) in [6, 6.07) is 0. The number of ether oxygens (including phenoxy) is 22. The van der Waals surface area contributed by atoms with Crippen LogP contribution < -0.4 is 0 Å². The lowest BCUT2D eigenvalue weighted by Crippen LogP contribution is -2.15. The first-order chi connectivity index (χ1) is 40.4. The molecule has 81 heavy (non-hydrogen) atoms. The second-order valence-electron chi connectivity index (χ2n) is 18.1. The molecule has 0 aromatic heterocycles. The van der Waals surface area contributed by atoms with Crippen LogP contribution in [0.1, 0.15) is 84.0 Å². The lowest BCUT2D eigenvalue weighted by molar-refractivity contribution is -0.0291. The zero-order valence-electron chi connectivity index (χ0n) is 50.7. The van der Waals surface area contributed by atoms with Crippen LogP contribution in [-0.4, -0.2) is 302 Å². The van der Waals surface area contributed by atoms with E-state index in [9.17, 15) is 0 Å². The van der Waals surface area contributed by atoms with Crippen LogP contribution in [0.5, 0.6) is 0 Å². The summed E-state index contributed by atoms with van der Waals surface area (Å²) in [6.45, 7) is 28.6. The lowest BCUT2D eigenvalue weighted by atomic mass is 10.4. The number of rotatable bonds is 78. The fraction of sp³-hybridized carbons (Fsp3) is 1.00. The van der Waals surface area contributed by atoms with Gasteiger partial charge in [-0.25, -0.2) is 0 Å². The van der Waals surface area contributed by atoms with E-state index in [4.69, 9.17) is 109 Å². The molecular weight excluding hydrogens is 1060 g/mol. The van der Waals surface area contributed by atoms with Crippen molar-refractivity contribution in [2.45, 2.75) is 84.0 Å². The molecule has 0 heterocycles. The molecule has 0 unspecified atom stereocenters. The maximum absolute atomic E-state index is 8.70. The maximum Gasteiger partial charge on any atom is 0.0701 e. The quantitative estimate of drug-likeness (QED) is 0.0788. The van der Waals surface area contributed by atoms with Crippen LogP contribution in [0.2, 0.25) is 0 Å². The second-order valence-corrected chi connectivity index (χ2v) is 18.1. The molecule has 0 aliphatic heterocycles. The molecule has 0 atom stereocenters. The Hall–Kier alpha value is -0.920. The molecule has 1 N–H and O–H groups in total. The molecule has 23 nitrogen and oxygen atoms in total. The van der Waals surface area contributed by atoms with Crippen molar-refractivity contribution in [2.24, 2.45) is 0 Å². The van der Waals surface area contributed by atoms with Gasteiger partial charge in [0.15, 0.2) is 0 Å². The molecule has 0 fully saturated rings. The first-order valence-electron chi connectivity index (χ1n) is 30.7. The molecule has 0 amide bonds. The number of aliphatic hydroxyl groups excluding tert-OH is 1. The highest BCUT2D eigenvalue weighted by Gasteiger charge is 2.01. The standard InChI is InChI=1S/C58H118O23/c1-2-3-15-69-35-37-71-39-41-73-43-45-75-47-49-77-51-53-79-55-57-81-58-56-80-54-52-78-50-48-76-46-44-74-42-40-72-38-36-70-34-13-33-68-32-12-31-67-30-11-29-66-28-10-27-65-26-9-25-64-24-8-23-63-22-7-21-62-20-6-19-61-18-5-17-60-16-4-14-59/h59H,2-58H2,1H3. The largest absolute Gasteiger partial charge is 0.396 e. The van der Waals surface area contributed by atoms with Crippen molar-refractivity contribution in [3.8, 4) is 0 Å². The van der Waals surface area contributed by atoms with Gasteiger partial charge >= 0.3 is 0 Å². The smallest absolute Gasteiger partial charge is 0.0701 e. The zero-order chi connectivity index (χ0) is 57.9. The third-order valence-electron chi connectivity index (χ3n) is 10.7. The molecular formula is C58H118O23. The Morgan fingerprint density at radius 2 is 0.235 bits per heavy atom. The first kappa shape index (κ1) is 80.1.